The Kier molecular flexibility index (Phi) is 5.89. The second kappa shape index (κ2) is 8.61. The molecule has 1 unspecified atom stereocenters. The largest absolute Gasteiger partial charge is 0.345 e. The van der Waals surface area contributed by atoms with Gasteiger partial charge in [0, 0.05) is 37.9 Å². The fraction of sp³-hybridized carbons (Fsp3) is 0.478. The van der Waals surface area contributed by atoms with Gasteiger partial charge in [-0.15, -0.1) is 10.2 Å². The highest BCUT2D eigenvalue weighted by molar-refractivity contribution is 5.83. The van der Waals surface area contributed by atoms with Crippen LogP contribution < -0.4 is 0 Å². The molecule has 0 saturated heterocycles. The lowest BCUT2D eigenvalue weighted by atomic mass is 9.96. The fourth-order valence-electron chi connectivity index (χ4n) is 4.48. The molecule has 1 aliphatic rings. The number of halogens is 1. The van der Waals surface area contributed by atoms with Crippen LogP contribution in [0.4, 0.5) is 4.39 Å². The van der Waals surface area contributed by atoms with Crippen molar-refractivity contribution in [1.29, 1.82) is 0 Å². The number of benzene rings is 1. The monoisotopic (exact) mass is 424 g/mol. The summed E-state index contributed by atoms with van der Waals surface area (Å²) in [6, 6.07) is 6.23. The zero-order valence-electron chi connectivity index (χ0n) is 18.6. The Balaban J connectivity index is 1.50. The molecule has 0 radical (unpaired) electrons. The van der Waals surface area contributed by atoms with Gasteiger partial charge >= 0.3 is 0 Å². The van der Waals surface area contributed by atoms with Crippen LogP contribution in [-0.4, -0.2) is 48.9 Å². The van der Waals surface area contributed by atoms with Gasteiger partial charge in [-0.3, -0.25) is 9.48 Å². The molecular weight excluding hydrogens is 395 g/mol. The summed E-state index contributed by atoms with van der Waals surface area (Å²) in [5.41, 5.74) is 4.22. The van der Waals surface area contributed by atoms with E-state index < -0.39 is 0 Å². The molecule has 0 spiro atoms. The summed E-state index contributed by atoms with van der Waals surface area (Å²) in [7, 11) is 1.85. The molecule has 0 N–H and O–H groups in total. The van der Waals surface area contributed by atoms with Crippen molar-refractivity contribution >= 4 is 5.91 Å². The molecule has 3 heterocycles. The first kappa shape index (κ1) is 21.2. The minimum Gasteiger partial charge on any atom is -0.345 e. The quantitative estimate of drug-likeness (QED) is 0.607. The molecular formula is C23H29FN6O. The maximum Gasteiger partial charge on any atom is 0.233 e. The number of hydrogen-bond donors (Lipinski definition) is 0. The van der Waals surface area contributed by atoms with Crippen molar-refractivity contribution in [3.05, 3.63) is 52.9 Å². The van der Waals surface area contributed by atoms with E-state index in [1.54, 1.807) is 17.0 Å². The van der Waals surface area contributed by atoms with Gasteiger partial charge in [-0.25, -0.2) is 4.39 Å². The number of aryl methyl sites for hydroxylation is 2. The highest BCUT2D eigenvalue weighted by Crippen LogP contribution is 2.31. The van der Waals surface area contributed by atoms with Gasteiger partial charge in [0.25, 0.3) is 0 Å². The summed E-state index contributed by atoms with van der Waals surface area (Å²) in [6.45, 7) is 8.43. The molecule has 0 aliphatic carbocycles. The molecule has 0 fully saturated rings. The van der Waals surface area contributed by atoms with E-state index in [-0.39, 0.29) is 17.6 Å². The molecule has 2 aromatic heterocycles. The number of amides is 1. The maximum absolute atomic E-state index is 13.3. The number of carbonyl (C=O) groups excluding carboxylic acids is 1. The van der Waals surface area contributed by atoms with Gasteiger partial charge in [0.15, 0.2) is 5.82 Å². The maximum atomic E-state index is 13.3. The van der Waals surface area contributed by atoms with Gasteiger partial charge in [0.1, 0.15) is 11.6 Å². The van der Waals surface area contributed by atoms with E-state index in [0.717, 1.165) is 43.6 Å². The first-order valence-corrected chi connectivity index (χ1v) is 10.9. The van der Waals surface area contributed by atoms with Crippen molar-refractivity contribution in [3.8, 4) is 11.4 Å². The van der Waals surface area contributed by atoms with Crippen molar-refractivity contribution in [3.63, 3.8) is 0 Å². The second-order valence-corrected chi connectivity index (χ2v) is 8.21. The van der Waals surface area contributed by atoms with Gasteiger partial charge in [0.05, 0.1) is 11.6 Å². The molecule has 31 heavy (non-hydrogen) atoms. The summed E-state index contributed by atoms with van der Waals surface area (Å²) in [4.78, 5) is 15.1. The highest BCUT2D eigenvalue weighted by atomic mass is 19.1. The SMILES string of the molecule is CCn1nc(C)c(CCN(C)C(=O)C2CCCn3c(-c4ccc(F)cc4)nnc32)c1C. The topological polar surface area (TPSA) is 68.8 Å². The summed E-state index contributed by atoms with van der Waals surface area (Å²) in [5, 5.41) is 13.3. The third kappa shape index (κ3) is 3.98. The summed E-state index contributed by atoms with van der Waals surface area (Å²) in [6.07, 6.45) is 2.42. The number of nitrogens with zero attached hydrogens (tertiary/aromatic N) is 6. The van der Waals surface area contributed by atoms with E-state index in [0.29, 0.717) is 18.2 Å². The zero-order valence-corrected chi connectivity index (χ0v) is 18.6. The Morgan fingerprint density at radius 1 is 1.23 bits per heavy atom. The number of aromatic nitrogens is 5. The van der Waals surface area contributed by atoms with Crippen molar-refractivity contribution in [2.75, 3.05) is 13.6 Å². The normalized spacial score (nSPS) is 15.7. The Bertz CT molecular complexity index is 1080. The Hall–Kier alpha value is -3.03. The molecule has 4 rings (SSSR count). The molecule has 1 atom stereocenters. The van der Waals surface area contributed by atoms with Crippen LogP contribution >= 0.6 is 0 Å². The van der Waals surface area contributed by atoms with E-state index in [4.69, 9.17) is 0 Å². The third-order valence-electron chi connectivity index (χ3n) is 6.27. The molecule has 164 valence electrons. The van der Waals surface area contributed by atoms with E-state index in [1.807, 2.05) is 23.2 Å². The van der Waals surface area contributed by atoms with Gasteiger partial charge in [-0.05, 0) is 69.9 Å². The van der Waals surface area contributed by atoms with Crippen LogP contribution in [0.2, 0.25) is 0 Å². The van der Waals surface area contributed by atoms with Gasteiger partial charge in [-0.2, -0.15) is 5.10 Å². The Morgan fingerprint density at radius 3 is 2.65 bits per heavy atom. The lowest BCUT2D eigenvalue weighted by molar-refractivity contribution is -0.132. The number of rotatable bonds is 6. The molecule has 1 amide bonds. The number of hydrogen-bond acceptors (Lipinski definition) is 4. The van der Waals surface area contributed by atoms with Gasteiger partial charge in [-0.1, -0.05) is 0 Å². The van der Waals surface area contributed by atoms with Crippen LogP contribution in [0.1, 0.15) is 48.5 Å². The summed E-state index contributed by atoms with van der Waals surface area (Å²) >= 11 is 0. The number of fused-ring (bicyclic) bond motifs is 1. The lowest BCUT2D eigenvalue weighted by Crippen LogP contribution is -2.36. The molecule has 1 aliphatic heterocycles. The second-order valence-electron chi connectivity index (χ2n) is 8.21. The summed E-state index contributed by atoms with van der Waals surface area (Å²) < 4.78 is 17.3. The number of likely N-dealkylation sites (N-methyl/N-ethyl adjacent to an activating group) is 1. The Labute approximate surface area is 181 Å². The van der Waals surface area contributed by atoms with Crippen LogP contribution in [0, 0.1) is 19.7 Å². The molecule has 8 heteroatoms. The van der Waals surface area contributed by atoms with Crippen LogP contribution in [0.5, 0.6) is 0 Å². The van der Waals surface area contributed by atoms with E-state index in [1.165, 1.54) is 23.4 Å². The van der Waals surface area contributed by atoms with Crippen LogP contribution in [0.15, 0.2) is 24.3 Å². The van der Waals surface area contributed by atoms with Crippen molar-refractivity contribution in [1.82, 2.24) is 29.4 Å². The van der Waals surface area contributed by atoms with Crippen molar-refractivity contribution in [2.45, 2.75) is 59.0 Å². The fourth-order valence-corrected chi connectivity index (χ4v) is 4.48. The van der Waals surface area contributed by atoms with Crippen LogP contribution in [0.25, 0.3) is 11.4 Å². The highest BCUT2D eigenvalue weighted by Gasteiger charge is 2.33. The predicted molar refractivity (Wildman–Crippen MR) is 116 cm³/mol. The van der Waals surface area contributed by atoms with Crippen LogP contribution in [-0.2, 0) is 24.3 Å². The molecule has 0 saturated carbocycles. The molecule has 3 aromatic rings. The Morgan fingerprint density at radius 2 is 1.97 bits per heavy atom. The predicted octanol–water partition coefficient (Wildman–Crippen LogP) is 3.50. The third-order valence-corrected chi connectivity index (χ3v) is 6.27. The average Bonchev–Trinajstić information content (AvgIpc) is 3.32. The first-order chi connectivity index (χ1) is 14.9. The van der Waals surface area contributed by atoms with Crippen molar-refractivity contribution in [2.24, 2.45) is 0 Å². The van der Waals surface area contributed by atoms with Gasteiger partial charge < -0.3 is 9.47 Å². The number of carbonyl (C=O) groups is 1. The minimum atomic E-state index is -0.305. The molecule has 1 aromatic carbocycles. The molecule has 7 nitrogen and oxygen atoms in total. The minimum absolute atomic E-state index is 0.0668. The first-order valence-electron chi connectivity index (χ1n) is 10.9. The smallest absolute Gasteiger partial charge is 0.233 e. The van der Waals surface area contributed by atoms with Gasteiger partial charge in [0.2, 0.25) is 5.91 Å². The average molecular weight is 425 g/mol. The van der Waals surface area contributed by atoms with Crippen LogP contribution in [0.3, 0.4) is 0 Å². The standard InChI is InChI=1S/C23H29FN6O/c1-5-30-16(3)19(15(2)27-30)12-14-28(4)23(31)20-7-6-13-29-21(25-26-22(20)29)17-8-10-18(24)11-9-17/h8-11,20H,5-7,12-14H2,1-4H3. The van der Waals surface area contributed by atoms with E-state index in [9.17, 15) is 9.18 Å². The van der Waals surface area contributed by atoms with Crippen molar-refractivity contribution < 1.29 is 9.18 Å². The van der Waals surface area contributed by atoms with E-state index in [2.05, 4.69) is 29.1 Å². The van der Waals surface area contributed by atoms with E-state index >= 15 is 0 Å². The summed E-state index contributed by atoms with van der Waals surface area (Å²) in [5.74, 6) is 0.868. The lowest BCUT2D eigenvalue weighted by Gasteiger charge is -2.27. The zero-order chi connectivity index (χ0) is 22.1. The molecule has 0 bridgehead atoms.